The molecule has 1 N–H and O–H groups in total. The molecule has 0 saturated heterocycles. The highest BCUT2D eigenvalue weighted by atomic mass is 32.2. The number of rotatable bonds is 7. The summed E-state index contributed by atoms with van der Waals surface area (Å²) in [7, 11) is -2.82. The van der Waals surface area contributed by atoms with Crippen LogP contribution in [0.25, 0.3) is 0 Å². The molecule has 0 amide bonds. The van der Waals surface area contributed by atoms with Crippen LogP contribution in [0.15, 0.2) is 17.0 Å². The van der Waals surface area contributed by atoms with Gasteiger partial charge in [-0.15, -0.1) is 0 Å². The largest absolute Gasteiger partial charge is 0.480 e. The van der Waals surface area contributed by atoms with Gasteiger partial charge in [-0.25, -0.2) is 13.2 Å². The van der Waals surface area contributed by atoms with Crippen molar-refractivity contribution in [1.29, 1.82) is 0 Å². The summed E-state index contributed by atoms with van der Waals surface area (Å²) in [4.78, 5) is 22.6. The van der Waals surface area contributed by atoms with Gasteiger partial charge >= 0.3 is 11.9 Å². The molecule has 0 heterocycles. The number of benzene rings is 1. The van der Waals surface area contributed by atoms with Gasteiger partial charge < -0.3 is 9.84 Å². The molecule has 0 aliphatic carbocycles. The fraction of sp³-hybridized carbons (Fsp3) is 0.467. The molecular weight excluding hydrogens is 322 g/mol. The third-order valence-electron chi connectivity index (χ3n) is 3.44. The third kappa shape index (κ3) is 4.29. The Morgan fingerprint density at radius 2 is 1.87 bits per heavy atom. The molecule has 0 aromatic heterocycles. The van der Waals surface area contributed by atoms with E-state index in [1.54, 1.807) is 26.8 Å². The van der Waals surface area contributed by atoms with Gasteiger partial charge in [0, 0.05) is 6.54 Å². The molecule has 0 unspecified atom stereocenters. The molecule has 0 aliphatic heterocycles. The molecule has 0 saturated carbocycles. The zero-order chi connectivity index (χ0) is 17.8. The number of esters is 1. The van der Waals surface area contributed by atoms with Gasteiger partial charge in [0.15, 0.2) is 0 Å². The fourth-order valence-electron chi connectivity index (χ4n) is 2.15. The highest BCUT2D eigenvalue weighted by Crippen LogP contribution is 2.25. The number of sulfonamides is 1. The maximum Gasteiger partial charge on any atom is 0.337 e. The normalized spacial score (nSPS) is 11.5. The van der Waals surface area contributed by atoms with E-state index in [4.69, 9.17) is 5.11 Å². The predicted octanol–water partition coefficient (Wildman–Crippen LogP) is 1.58. The maximum absolute atomic E-state index is 12.8. The Hall–Kier alpha value is -1.93. The van der Waals surface area contributed by atoms with Crippen LogP contribution >= 0.6 is 0 Å². The van der Waals surface area contributed by atoms with Crippen LogP contribution in [0.5, 0.6) is 0 Å². The van der Waals surface area contributed by atoms with E-state index in [0.717, 1.165) is 4.31 Å². The lowest BCUT2D eigenvalue weighted by atomic mass is 10.1. The number of hydrogen-bond donors (Lipinski definition) is 1. The van der Waals surface area contributed by atoms with Crippen molar-refractivity contribution in [3.05, 3.63) is 28.8 Å². The zero-order valence-corrected chi connectivity index (χ0v) is 14.4. The summed E-state index contributed by atoms with van der Waals surface area (Å²) in [5.74, 6) is -1.88. The number of ether oxygens (including phenoxy) is 1. The Bertz CT molecular complexity index is 711. The Kier molecular flexibility index (Phi) is 6.28. The molecule has 1 aromatic rings. The highest BCUT2D eigenvalue weighted by Gasteiger charge is 2.29. The number of aliphatic carboxylic acids is 1. The van der Waals surface area contributed by atoms with Crippen LogP contribution in [-0.4, -0.2) is 50.0 Å². The highest BCUT2D eigenvalue weighted by molar-refractivity contribution is 7.89. The zero-order valence-electron chi connectivity index (χ0n) is 13.6. The summed E-state index contributed by atoms with van der Waals surface area (Å²) in [6, 6.07) is 2.77. The molecule has 8 heteroatoms. The lowest BCUT2D eigenvalue weighted by molar-refractivity contribution is -0.137. The van der Waals surface area contributed by atoms with Crippen molar-refractivity contribution >= 4 is 22.0 Å². The van der Waals surface area contributed by atoms with Gasteiger partial charge in [-0.05, 0) is 43.5 Å². The minimum absolute atomic E-state index is 0.0763. The van der Waals surface area contributed by atoms with Crippen molar-refractivity contribution in [1.82, 2.24) is 4.31 Å². The Labute approximate surface area is 135 Å². The van der Waals surface area contributed by atoms with Crippen molar-refractivity contribution in [2.75, 3.05) is 20.2 Å². The molecule has 128 valence electrons. The van der Waals surface area contributed by atoms with Gasteiger partial charge in [0.05, 0.1) is 17.6 Å². The first-order valence-corrected chi connectivity index (χ1v) is 8.50. The average molecular weight is 343 g/mol. The van der Waals surface area contributed by atoms with Crippen LogP contribution in [0.1, 0.15) is 34.8 Å². The lowest BCUT2D eigenvalue weighted by Crippen LogP contribution is -2.36. The first-order valence-electron chi connectivity index (χ1n) is 7.06. The van der Waals surface area contributed by atoms with Crippen molar-refractivity contribution in [2.24, 2.45) is 0 Å². The fourth-order valence-corrected chi connectivity index (χ4v) is 3.96. The van der Waals surface area contributed by atoms with Gasteiger partial charge in [0.2, 0.25) is 10.0 Å². The molecule has 1 aromatic carbocycles. The number of carboxylic acids is 1. The Balaban J connectivity index is 3.49. The lowest BCUT2D eigenvalue weighted by Gasteiger charge is -2.22. The van der Waals surface area contributed by atoms with E-state index in [1.807, 2.05) is 0 Å². The number of carbonyl (C=O) groups excluding carboxylic acids is 1. The predicted molar refractivity (Wildman–Crippen MR) is 83.9 cm³/mol. The summed E-state index contributed by atoms with van der Waals surface area (Å²) in [5, 5.41) is 8.95. The SMILES string of the molecule is CCCN(CC(=O)O)S(=O)(=O)c1cc(C(=O)OC)cc(C)c1C. The maximum atomic E-state index is 12.8. The van der Waals surface area contributed by atoms with E-state index >= 15 is 0 Å². The summed E-state index contributed by atoms with van der Waals surface area (Å²) in [5.41, 5.74) is 1.20. The number of aryl methyl sites for hydroxylation is 1. The van der Waals surface area contributed by atoms with E-state index in [0.29, 0.717) is 17.5 Å². The van der Waals surface area contributed by atoms with Crippen molar-refractivity contribution in [3.63, 3.8) is 0 Å². The number of nitrogens with zero attached hydrogens (tertiary/aromatic N) is 1. The quantitative estimate of drug-likeness (QED) is 0.754. The molecule has 0 aliphatic rings. The Morgan fingerprint density at radius 3 is 2.35 bits per heavy atom. The minimum atomic E-state index is -4.03. The smallest absolute Gasteiger partial charge is 0.337 e. The summed E-state index contributed by atoms with van der Waals surface area (Å²) < 4.78 is 31.1. The summed E-state index contributed by atoms with van der Waals surface area (Å²) in [6.07, 6.45) is 0.473. The van der Waals surface area contributed by atoms with E-state index in [9.17, 15) is 18.0 Å². The second kappa shape index (κ2) is 7.56. The van der Waals surface area contributed by atoms with Crippen molar-refractivity contribution < 1.29 is 27.9 Å². The Morgan fingerprint density at radius 1 is 1.26 bits per heavy atom. The standard InChI is InChI=1S/C15H21NO6S/c1-5-6-16(9-14(17)18)23(20,21)13-8-12(15(19)22-4)7-10(2)11(13)3/h7-8H,5-6,9H2,1-4H3,(H,17,18). The van der Waals surface area contributed by atoms with E-state index < -0.39 is 28.5 Å². The molecule has 0 fully saturated rings. The van der Waals surface area contributed by atoms with Crippen LogP contribution in [0.4, 0.5) is 0 Å². The first kappa shape index (κ1) is 19.1. The molecule has 0 spiro atoms. The number of methoxy groups -OCH3 is 1. The summed E-state index contributed by atoms with van der Waals surface area (Å²) >= 11 is 0. The van der Waals surface area contributed by atoms with Crippen LogP contribution in [0, 0.1) is 13.8 Å². The van der Waals surface area contributed by atoms with Gasteiger partial charge in [-0.3, -0.25) is 4.79 Å². The average Bonchev–Trinajstić information content (AvgIpc) is 2.47. The molecule has 0 bridgehead atoms. The molecular formula is C15H21NO6S. The van der Waals surface area contributed by atoms with Crippen LogP contribution < -0.4 is 0 Å². The minimum Gasteiger partial charge on any atom is -0.480 e. The molecule has 0 atom stereocenters. The van der Waals surface area contributed by atoms with Crippen molar-refractivity contribution in [3.8, 4) is 0 Å². The monoisotopic (exact) mass is 343 g/mol. The first-order chi connectivity index (χ1) is 10.6. The summed E-state index contributed by atoms with van der Waals surface area (Å²) in [6.45, 7) is 4.51. The molecule has 7 nitrogen and oxygen atoms in total. The topological polar surface area (TPSA) is 101 Å². The van der Waals surface area contributed by atoms with Crippen LogP contribution in [0.2, 0.25) is 0 Å². The number of carboxylic acid groups (broad SMARTS) is 1. The molecule has 23 heavy (non-hydrogen) atoms. The number of hydrogen-bond acceptors (Lipinski definition) is 5. The third-order valence-corrected chi connectivity index (χ3v) is 5.41. The second-order valence-corrected chi connectivity index (χ2v) is 7.05. The van der Waals surface area contributed by atoms with Gasteiger partial charge in [0.1, 0.15) is 6.54 Å². The van der Waals surface area contributed by atoms with Crippen LogP contribution in [0.3, 0.4) is 0 Å². The van der Waals surface area contributed by atoms with E-state index in [-0.39, 0.29) is 17.0 Å². The van der Waals surface area contributed by atoms with E-state index in [1.165, 1.54) is 13.2 Å². The number of carbonyl (C=O) groups is 2. The van der Waals surface area contributed by atoms with Gasteiger partial charge in [0.25, 0.3) is 0 Å². The molecule has 1 rings (SSSR count). The van der Waals surface area contributed by atoms with E-state index in [2.05, 4.69) is 4.74 Å². The van der Waals surface area contributed by atoms with Crippen LogP contribution in [-0.2, 0) is 19.6 Å². The van der Waals surface area contributed by atoms with Gasteiger partial charge in [-0.1, -0.05) is 6.92 Å². The molecule has 0 radical (unpaired) electrons. The van der Waals surface area contributed by atoms with Crippen molar-refractivity contribution in [2.45, 2.75) is 32.1 Å². The van der Waals surface area contributed by atoms with Gasteiger partial charge in [-0.2, -0.15) is 4.31 Å². The second-order valence-electron chi connectivity index (χ2n) is 5.14.